The van der Waals surface area contributed by atoms with Crippen LogP contribution < -0.4 is 5.32 Å². The van der Waals surface area contributed by atoms with E-state index in [-0.39, 0.29) is 0 Å². The molecule has 1 atom stereocenters. The standard InChI is InChI=1S/C13H27N/c1-4-8-14-10-13(9-11(2)3)12-6-5-7-12/h11-14H,4-10H2,1-3H3. The fourth-order valence-electron chi connectivity index (χ4n) is 2.42. The molecule has 84 valence electrons. The van der Waals surface area contributed by atoms with E-state index >= 15 is 0 Å². The molecule has 1 nitrogen and oxygen atoms in total. The first kappa shape index (κ1) is 12.0. The van der Waals surface area contributed by atoms with E-state index in [1.165, 1.54) is 45.2 Å². The minimum atomic E-state index is 0.865. The molecule has 0 aliphatic heterocycles. The quantitative estimate of drug-likeness (QED) is 0.616. The van der Waals surface area contributed by atoms with Crippen LogP contribution in [0, 0.1) is 17.8 Å². The molecule has 0 aromatic carbocycles. The highest BCUT2D eigenvalue weighted by molar-refractivity contribution is 4.79. The number of nitrogens with one attached hydrogen (secondary N) is 1. The summed E-state index contributed by atoms with van der Waals surface area (Å²) < 4.78 is 0. The van der Waals surface area contributed by atoms with Crippen LogP contribution in [0.3, 0.4) is 0 Å². The fraction of sp³-hybridized carbons (Fsp3) is 1.00. The Morgan fingerprint density at radius 2 is 2.00 bits per heavy atom. The average molecular weight is 197 g/mol. The van der Waals surface area contributed by atoms with Gasteiger partial charge in [-0.15, -0.1) is 0 Å². The maximum atomic E-state index is 3.59. The highest BCUT2D eigenvalue weighted by Gasteiger charge is 2.27. The monoisotopic (exact) mass is 197 g/mol. The molecule has 0 radical (unpaired) electrons. The van der Waals surface area contributed by atoms with Gasteiger partial charge in [-0.05, 0) is 43.7 Å². The molecular weight excluding hydrogens is 170 g/mol. The van der Waals surface area contributed by atoms with Crippen molar-refractivity contribution >= 4 is 0 Å². The molecule has 0 bridgehead atoms. The summed E-state index contributed by atoms with van der Waals surface area (Å²) in [6.45, 7) is 9.41. The Bertz CT molecular complexity index is 138. The molecule has 1 heteroatoms. The van der Waals surface area contributed by atoms with E-state index in [1.807, 2.05) is 0 Å². The molecule has 1 aliphatic carbocycles. The first-order valence-corrected chi connectivity index (χ1v) is 6.44. The molecule has 0 saturated heterocycles. The van der Waals surface area contributed by atoms with E-state index < -0.39 is 0 Å². The average Bonchev–Trinajstić information content (AvgIpc) is 2.00. The van der Waals surface area contributed by atoms with Gasteiger partial charge in [-0.2, -0.15) is 0 Å². The summed E-state index contributed by atoms with van der Waals surface area (Å²) in [5.74, 6) is 2.86. The van der Waals surface area contributed by atoms with Crippen molar-refractivity contribution in [1.29, 1.82) is 0 Å². The molecule has 0 aromatic rings. The van der Waals surface area contributed by atoms with Gasteiger partial charge in [-0.25, -0.2) is 0 Å². The lowest BCUT2D eigenvalue weighted by atomic mass is 9.73. The predicted molar refractivity (Wildman–Crippen MR) is 63.4 cm³/mol. The maximum absolute atomic E-state index is 3.59. The molecule has 1 unspecified atom stereocenters. The lowest BCUT2D eigenvalue weighted by Gasteiger charge is -2.35. The molecule has 1 fully saturated rings. The summed E-state index contributed by atoms with van der Waals surface area (Å²) in [5.41, 5.74) is 0. The lowest BCUT2D eigenvalue weighted by molar-refractivity contribution is 0.176. The zero-order valence-electron chi connectivity index (χ0n) is 10.2. The molecule has 0 heterocycles. The summed E-state index contributed by atoms with van der Waals surface area (Å²) in [4.78, 5) is 0. The van der Waals surface area contributed by atoms with Crippen molar-refractivity contribution in [3.63, 3.8) is 0 Å². The fourth-order valence-corrected chi connectivity index (χ4v) is 2.42. The topological polar surface area (TPSA) is 12.0 Å². The summed E-state index contributed by atoms with van der Waals surface area (Å²) in [7, 11) is 0. The Labute approximate surface area is 89.7 Å². The minimum Gasteiger partial charge on any atom is -0.316 e. The molecule has 1 aliphatic rings. The van der Waals surface area contributed by atoms with E-state index in [0.717, 1.165) is 17.8 Å². The molecule has 0 aromatic heterocycles. The van der Waals surface area contributed by atoms with Crippen LogP contribution in [0.4, 0.5) is 0 Å². The Morgan fingerprint density at radius 1 is 1.29 bits per heavy atom. The first-order valence-electron chi connectivity index (χ1n) is 6.44. The highest BCUT2D eigenvalue weighted by Crippen LogP contribution is 2.36. The van der Waals surface area contributed by atoms with E-state index in [9.17, 15) is 0 Å². The zero-order chi connectivity index (χ0) is 10.4. The van der Waals surface area contributed by atoms with Crippen LogP contribution in [0.2, 0.25) is 0 Å². The van der Waals surface area contributed by atoms with Crippen LogP contribution in [0.5, 0.6) is 0 Å². The molecular formula is C13H27N. The molecule has 14 heavy (non-hydrogen) atoms. The van der Waals surface area contributed by atoms with E-state index in [0.29, 0.717) is 0 Å². The summed E-state index contributed by atoms with van der Waals surface area (Å²) in [5, 5.41) is 3.59. The van der Waals surface area contributed by atoms with Crippen molar-refractivity contribution in [1.82, 2.24) is 5.32 Å². The highest BCUT2D eigenvalue weighted by atomic mass is 14.9. The first-order chi connectivity index (χ1) is 6.74. The third kappa shape index (κ3) is 4.00. The predicted octanol–water partition coefficient (Wildman–Crippen LogP) is 3.45. The van der Waals surface area contributed by atoms with Crippen LogP contribution in [0.15, 0.2) is 0 Å². The van der Waals surface area contributed by atoms with E-state index in [2.05, 4.69) is 26.1 Å². The van der Waals surface area contributed by atoms with Crippen LogP contribution >= 0.6 is 0 Å². The van der Waals surface area contributed by atoms with Gasteiger partial charge in [0.05, 0.1) is 0 Å². The van der Waals surface area contributed by atoms with Crippen LogP contribution in [0.25, 0.3) is 0 Å². The van der Waals surface area contributed by atoms with Gasteiger partial charge in [0.25, 0.3) is 0 Å². The van der Waals surface area contributed by atoms with E-state index in [4.69, 9.17) is 0 Å². The van der Waals surface area contributed by atoms with Crippen molar-refractivity contribution in [3.8, 4) is 0 Å². The molecule has 0 spiro atoms. The van der Waals surface area contributed by atoms with Gasteiger partial charge in [0.1, 0.15) is 0 Å². The summed E-state index contributed by atoms with van der Waals surface area (Å²) in [6.07, 6.45) is 7.14. The van der Waals surface area contributed by atoms with Crippen LogP contribution in [-0.2, 0) is 0 Å². The van der Waals surface area contributed by atoms with Gasteiger partial charge in [-0.1, -0.05) is 40.0 Å². The summed E-state index contributed by atoms with van der Waals surface area (Å²) >= 11 is 0. The lowest BCUT2D eigenvalue weighted by Crippen LogP contribution is -2.33. The second-order valence-corrected chi connectivity index (χ2v) is 5.28. The Balaban J connectivity index is 2.21. The molecule has 1 N–H and O–H groups in total. The second-order valence-electron chi connectivity index (χ2n) is 5.28. The summed E-state index contributed by atoms with van der Waals surface area (Å²) in [6, 6.07) is 0. The van der Waals surface area contributed by atoms with E-state index in [1.54, 1.807) is 0 Å². The number of hydrogen-bond donors (Lipinski definition) is 1. The number of rotatable bonds is 7. The van der Waals surface area contributed by atoms with Gasteiger partial charge >= 0.3 is 0 Å². The Kier molecular flexibility index (Phi) is 5.54. The van der Waals surface area contributed by atoms with Gasteiger partial charge in [-0.3, -0.25) is 0 Å². The van der Waals surface area contributed by atoms with Gasteiger partial charge < -0.3 is 5.32 Å². The van der Waals surface area contributed by atoms with Crippen molar-refractivity contribution in [2.24, 2.45) is 17.8 Å². The Hall–Kier alpha value is -0.0400. The SMILES string of the molecule is CCCNCC(CC(C)C)C1CCC1. The van der Waals surface area contributed by atoms with Gasteiger partial charge in [0.2, 0.25) is 0 Å². The van der Waals surface area contributed by atoms with Crippen LogP contribution in [-0.4, -0.2) is 13.1 Å². The van der Waals surface area contributed by atoms with Gasteiger partial charge in [0.15, 0.2) is 0 Å². The molecule has 1 saturated carbocycles. The maximum Gasteiger partial charge on any atom is -0.00178 e. The number of hydrogen-bond acceptors (Lipinski definition) is 1. The van der Waals surface area contributed by atoms with Crippen molar-refractivity contribution in [2.45, 2.75) is 52.9 Å². The molecule has 0 amide bonds. The Morgan fingerprint density at radius 3 is 2.43 bits per heavy atom. The van der Waals surface area contributed by atoms with Gasteiger partial charge in [0, 0.05) is 0 Å². The largest absolute Gasteiger partial charge is 0.316 e. The smallest absolute Gasteiger partial charge is 0.00178 e. The third-order valence-corrected chi connectivity index (χ3v) is 3.42. The second kappa shape index (κ2) is 6.44. The van der Waals surface area contributed by atoms with Crippen molar-refractivity contribution in [2.75, 3.05) is 13.1 Å². The molecule has 1 rings (SSSR count). The van der Waals surface area contributed by atoms with Crippen LogP contribution in [0.1, 0.15) is 52.9 Å². The van der Waals surface area contributed by atoms with Crippen molar-refractivity contribution in [3.05, 3.63) is 0 Å². The zero-order valence-corrected chi connectivity index (χ0v) is 10.2. The minimum absolute atomic E-state index is 0.865. The van der Waals surface area contributed by atoms with Crippen molar-refractivity contribution < 1.29 is 0 Å². The third-order valence-electron chi connectivity index (χ3n) is 3.42. The normalized spacial score (nSPS) is 19.7.